The van der Waals surface area contributed by atoms with Gasteiger partial charge in [0.05, 0.1) is 6.61 Å². The number of hydrogen-bond acceptors (Lipinski definition) is 2. The van der Waals surface area contributed by atoms with Crippen molar-refractivity contribution in [2.45, 2.75) is 6.92 Å². The molecule has 0 aliphatic carbocycles. The van der Waals surface area contributed by atoms with Crippen LogP contribution in [0.15, 0.2) is 91.0 Å². The van der Waals surface area contributed by atoms with Gasteiger partial charge in [0.25, 0.3) is 7.37 Å². The van der Waals surface area contributed by atoms with Crippen LogP contribution in [-0.2, 0) is 9.09 Å². The minimum absolute atomic E-state index is 0.380. The minimum Gasteiger partial charge on any atom is -0.322 e. The molecule has 0 aliphatic heterocycles. The Morgan fingerprint density at radius 3 is 1.92 bits per heavy atom. The first kappa shape index (κ1) is 17.4. The first-order valence-electron chi connectivity index (χ1n) is 8.37. The monoisotopic (exact) mass is 348 g/mol. The molecule has 126 valence electrons. The quantitative estimate of drug-likeness (QED) is 0.414. The van der Waals surface area contributed by atoms with Gasteiger partial charge >= 0.3 is 0 Å². The van der Waals surface area contributed by atoms with E-state index in [4.69, 9.17) is 4.52 Å². The van der Waals surface area contributed by atoms with Crippen molar-refractivity contribution in [3.8, 4) is 0 Å². The van der Waals surface area contributed by atoms with E-state index in [1.807, 2.05) is 104 Å². The van der Waals surface area contributed by atoms with E-state index in [0.29, 0.717) is 17.2 Å². The Labute approximate surface area is 149 Å². The van der Waals surface area contributed by atoms with Gasteiger partial charge in [-0.05, 0) is 36.3 Å². The van der Waals surface area contributed by atoms with Crippen molar-refractivity contribution in [3.63, 3.8) is 0 Å². The minimum atomic E-state index is -3.21. The third kappa shape index (κ3) is 3.99. The van der Waals surface area contributed by atoms with Crippen molar-refractivity contribution in [1.29, 1.82) is 0 Å². The fourth-order valence-corrected chi connectivity index (χ4v) is 5.05. The number of hydrogen-bond donors (Lipinski definition) is 0. The molecule has 3 rings (SSSR count). The molecule has 0 spiro atoms. The van der Waals surface area contributed by atoms with Gasteiger partial charge in [-0.3, -0.25) is 4.57 Å². The summed E-state index contributed by atoms with van der Waals surface area (Å²) in [4.78, 5) is 0. The van der Waals surface area contributed by atoms with Crippen molar-refractivity contribution in [3.05, 3.63) is 102 Å². The predicted molar refractivity (Wildman–Crippen MR) is 106 cm³/mol. The highest BCUT2D eigenvalue weighted by Gasteiger charge is 2.31. The van der Waals surface area contributed by atoms with E-state index in [9.17, 15) is 4.57 Å². The molecule has 3 heteroatoms. The zero-order valence-corrected chi connectivity index (χ0v) is 15.1. The largest absolute Gasteiger partial charge is 0.322 e. The van der Waals surface area contributed by atoms with Crippen LogP contribution in [0.3, 0.4) is 0 Å². The summed E-state index contributed by atoms with van der Waals surface area (Å²) in [5.41, 5.74) is 1.91. The Morgan fingerprint density at radius 2 is 1.36 bits per heavy atom. The first-order valence-corrected chi connectivity index (χ1v) is 9.99. The van der Waals surface area contributed by atoms with Gasteiger partial charge in [-0.2, -0.15) is 0 Å². The summed E-state index contributed by atoms with van der Waals surface area (Å²) in [5.74, 6) is 0. The normalized spacial score (nSPS) is 14.0. The highest BCUT2D eigenvalue weighted by Crippen LogP contribution is 2.59. The number of benzene rings is 3. The van der Waals surface area contributed by atoms with Gasteiger partial charge in [-0.1, -0.05) is 78.9 Å². The molecule has 0 aromatic heterocycles. The molecule has 25 heavy (non-hydrogen) atoms. The third-order valence-electron chi connectivity index (χ3n) is 3.90. The van der Waals surface area contributed by atoms with E-state index in [1.165, 1.54) is 0 Å². The third-order valence-corrected chi connectivity index (χ3v) is 6.52. The lowest BCUT2D eigenvalue weighted by atomic mass is 10.1. The van der Waals surface area contributed by atoms with Crippen molar-refractivity contribution < 1.29 is 9.09 Å². The molecule has 0 heterocycles. The first-order chi connectivity index (χ1) is 12.2. The standard InChI is InChI=1S/C22H21O2P/c1-2-24-25(23,21-16-10-5-11-17-21)22(20-14-8-4-9-15-20)18-19-12-6-3-7-13-19/h3-18H,2H2,1H3. The second kappa shape index (κ2) is 8.11. The zero-order valence-electron chi connectivity index (χ0n) is 14.2. The molecule has 0 N–H and O–H groups in total. The van der Waals surface area contributed by atoms with E-state index in [1.54, 1.807) is 0 Å². The summed E-state index contributed by atoms with van der Waals surface area (Å²) in [6, 6.07) is 29.2. The van der Waals surface area contributed by atoms with Gasteiger partial charge in [0.2, 0.25) is 0 Å². The average molecular weight is 348 g/mol. The smallest absolute Gasteiger partial charge is 0.261 e. The molecule has 2 nitrogen and oxygen atoms in total. The fourth-order valence-electron chi connectivity index (χ4n) is 2.74. The highest BCUT2D eigenvalue weighted by atomic mass is 31.2. The zero-order chi connectivity index (χ0) is 17.5. The molecule has 0 radical (unpaired) electrons. The Kier molecular flexibility index (Phi) is 5.65. The molecular weight excluding hydrogens is 327 g/mol. The maximum absolute atomic E-state index is 14.0. The van der Waals surface area contributed by atoms with Crippen molar-refractivity contribution >= 4 is 24.1 Å². The maximum Gasteiger partial charge on any atom is 0.261 e. The number of rotatable bonds is 6. The SMILES string of the molecule is CCOP(=O)(C(=Cc1ccccc1)c1ccccc1)c1ccccc1. The lowest BCUT2D eigenvalue weighted by molar-refractivity contribution is 0.348. The van der Waals surface area contributed by atoms with Crippen molar-refractivity contribution in [2.24, 2.45) is 0 Å². The van der Waals surface area contributed by atoms with Crippen LogP contribution >= 0.6 is 7.37 Å². The molecule has 1 unspecified atom stereocenters. The molecule has 0 amide bonds. The van der Waals surface area contributed by atoms with Gasteiger partial charge in [0.15, 0.2) is 0 Å². The van der Waals surface area contributed by atoms with Gasteiger partial charge in [0.1, 0.15) is 0 Å². The maximum atomic E-state index is 14.0. The summed E-state index contributed by atoms with van der Waals surface area (Å²) in [6.45, 7) is 2.26. The Morgan fingerprint density at radius 1 is 0.840 bits per heavy atom. The molecule has 0 fully saturated rings. The highest BCUT2D eigenvalue weighted by molar-refractivity contribution is 7.77. The van der Waals surface area contributed by atoms with E-state index >= 15 is 0 Å². The van der Waals surface area contributed by atoms with E-state index in [2.05, 4.69) is 0 Å². The van der Waals surface area contributed by atoms with E-state index in [-0.39, 0.29) is 0 Å². The second-order valence-electron chi connectivity index (χ2n) is 5.61. The van der Waals surface area contributed by atoms with Crippen LogP contribution < -0.4 is 5.30 Å². The molecule has 0 bridgehead atoms. The summed E-state index contributed by atoms with van der Waals surface area (Å²) in [7, 11) is -3.21. The van der Waals surface area contributed by atoms with Crippen LogP contribution in [0.1, 0.15) is 18.1 Å². The van der Waals surface area contributed by atoms with Crippen LogP contribution in [-0.4, -0.2) is 6.61 Å². The van der Waals surface area contributed by atoms with Crippen molar-refractivity contribution in [2.75, 3.05) is 6.61 Å². The van der Waals surface area contributed by atoms with Crippen LogP contribution in [0.25, 0.3) is 11.4 Å². The van der Waals surface area contributed by atoms with Gasteiger partial charge in [-0.15, -0.1) is 0 Å². The predicted octanol–water partition coefficient (Wildman–Crippen LogP) is 5.82. The van der Waals surface area contributed by atoms with Gasteiger partial charge in [0, 0.05) is 10.6 Å². The Hall–Kier alpha value is -2.41. The van der Waals surface area contributed by atoms with E-state index in [0.717, 1.165) is 11.1 Å². The summed E-state index contributed by atoms with van der Waals surface area (Å²) in [5, 5.41) is 1.43. The van der Waals surface area contributed by atoms with Crippen molar-refractivity contribution in [1.82, 2.24) is 0 Å². The molecule has 3 aromatic carbocycles. The topological polar surface area (TPSA) is 26.3 Å². The lowest BCUT2D eigenvalue weighted by Crippen LogP contribution is -2.09. The van der Waals surface area contributed by atoms with Crippen LogP contribution in [0, 0.1) is 0 Å². The molecule has 0 aliphatic rings. The summed E-state index contributed by atoms with van der Waals surface area (Å²) >= 11 is 0. The molecular formula is C22H21O2P. The molecule has 0 saturated heterocycles. The lowest BCUT2D eigenvalue weighted by Gasteiger charge is -2.22. The Bertz CT molecular complexity index is 872. The van der Waals surface area contributed by atoms with E-state index < -0.39 is 7.37 Å². The molecule has 1 atom stereocenters. The summed E-state index contributed by atoms with van der Waals surface area (Å²) < 4.78 is 19.9. The van der Waals surface area contributed by atoms with Gasteiger partial charge in [-0.25, -0.2) is 0 Å². The molecule has 3 aromatic rings. The second-order valence-corrected chi connectivity index (χ2v) is 7.97. The molecule has 0 saturated carbocycles. The Balaban J connectivity index is 2.22. The summed E-state index contributed by atoms with van der Waals surface area (Å²) in [6.07, 6.45) is 1.97. The fraction of sp³-hybridized carbons (Fsp3) is 0.0909. The average Bonchev–Trinajstić information content (AvgIpc) is 2.68. The van der Waals surface area contributed by atoms with Crippen LogP contribution in [0.4, 0.5) is 0 Å². The van der Waals surface area contributed by atoms with Gasteiger partial charge < -0.3 is 4.52 Å². The van der Waals surface area contributed by atoms with Crippen LogP contribution in [0.5, 0.6) is 0 Å². The van der Waals surface area contributed by atoms with Crippen LogP contribution in [0.2, 0.25) is 0 Å².